The minimum atomic E-state index is -0.00605. The van der Waals surface area contributed by atoms with Gasteiger partial charge in [-0.2, -0.15) is 0 Å². The zero-order valence-corrected chi connectivity index (χ0v) is 17.4. The fraction of sp³-hybridized carbons (Fsp3) is 0.333. The third-order valence-corrected chi connectivity index (χ3v) is 5.56. The van der Waals surface area contributed by atoms with Crippen LogP contribution in [0.2, 0.25) is 0 Å². The molecule has 0 aliphatic heterocycles. The van der Waals surface area contributed by atoms with Gasteiger partial charge in [0.15, 0.2) is 11.0 Å². The first-order valence-electron chi connectivity index (χ1n) is 9.31. The van der Waals surface area contributed by atoms with E-state index in [-0.39, 0.29) is 17.7 Å². The molecule has 146 valence electrons. The van der Waals surface area contributed by atoms with Crippen LogP contribution in [0.3, 0.4) is 0 Å². The smallest absolute Gasteiger partial charge is 0.230 e. The molecule has 0 bridgehead atoms. The molecule has 1 amide bonds. The van der Waals surface area contributed by atoms with Crippen molar-refractivity contribution < 1.29 is 4.79 Å². The molecule has 0 radical (unpaired) electrons. The van der Waals surface area contributed by atoms with Crippen molar-refractivity contribution in [2.45, 2.75) is 38.9 Å². The Morgan fingerprint density at radius 1 is 1.14 bits per heavy atom. The number of hydrogen-bond donors (Lipinski definition) is 1. The van der Waals surface area contributed by atoms with Crippen LogP contribution in [-0.2, 0) is 4.79 Å². The zero-order chi connectivity index (χ0) is 20.1. The molecule has 0 spiro atoms. The second kappa shape index (κ2) is 9.01. The average Bonchev–Trinajstić information content (AvgIpc) is 3.11. The SMILES string of the molecule is Cc1ccccc1-n1c(SCC(=O)N[C@@H](C)C(C)C)nnc1-c1cccnc1. The van der Waals surface area contributed by atoms with Crippen LogP contribution in [0.1, 0.15) is 26.3 Å². The Morgan fingerprint density at radius 3 is 2.61 bits per heavy atom. The molecule has 2 aromatic heterocycles. The van der Waals surface area contributed by atoms with E-state index in [2.05, 4.69) is 34.3 Å². The van der Waals surface area contributed by atoms with E-state index in [4.69, 9.17) is 0 Å². The number of amides is 1. The van der Waals surface area contributed by atoms with Gasteiger partial charge < -0.3 is 5.32 Å². The summed E-state index contributed by atoms with van der Waals surface area (Å²) in [7, 11) is 0. The van der Waals surface area contributed by atoms with E-state index < -0.39 is 0 Å². The molecule has 0 aliphatic carbocycles. The average molecular weight is 396 g/mol. The van der Waals surface area contributed by atoms with E-state index in [1.165, 1.54) is 11.8 Å². The highest BCUT2D eigenvalue weighted by Crippen LogP contribution is 2.29. The fourth-order valence-electron chi connectivity index (χ4n) is 2.67. The highest BCUT2D eigenvalue weighted by atomic mass is 32.2. The number of carbonyl (C=O) groups is 1. The maximum Gasteiger partial charge on any atom is 0.230 e. The molecule has 3 rings (SSSR count). The highest BCUT2D eigenvalue weighted by Gasteiger charge is 2.19. The lowest BCUT2D eigenvalue weighted by Crippen LogP contribution is -2.37. The Hall–Kier alpha value is -2.67. The van der Waals surface area contributed by atoms with Crippen molar-refractivity contribution in [2.75, 3.05) is 5.75 Å². The van der Waals surface area contributed by atoms with Gasteiger partial charge in [0, 0.05) is 24.0 Å². The second-order valence-corrected chi connectivity index (χ2v) is 8.00. The summed E-state index contributed by atoms with van der Waals surface area (Å²) < 4.78 is 2.00. The van der Waals surface area contributed by atoms with Crippen LogP contribution in [-0.4, -0.2) is 37.5 Å². The third kappa shape index (κ3) is 4.59. The standard InChI is InChI=1S/C21H25N5OS/c1-14(2)16(4)23-19(27)13-28-21-25-24-20(17-9-7-11-22-12-17)26(21)18-10-6-5-8-15(18)3/h5-12,14,16H,13H2,1-4H3,(H,23,27)/t16-/m0/s1. The van der Waals surface area contributed by atoms with Gasteiger partial charge in [-0.15, -0.1) is 10.2 Å². The Morgan fingerprint density at radius 2 is 1.93 bits per heavy atom. The van der Waals surface area contributed by atoms with Crippen molar-refractivity contribution in [2.24, 2.45) is 5.92 Å². The Balaban J connectivity index is 1.91. The van der Waals surface area contributed by atoms with Crippen LogP contribution < -0.4 is 5.32 Å². The number of hydrogen-bond acceptors (Lipinski definition) is 5. The Bertz CT molecular complexity index is 939. The van der Waals surface area contributed by atoms with Crippen molar-refractivity contribution in [3.63, 3.8) is 0 Å². The molecular formula is C21H25N5OS. The molecule has 3 aromatic rings. The number of para-hydroxylation sites is 1. The van der Waals surface area contributed by atoms with Gasteiger partial charge in [-0.1, -0.05) is 43.8 Å². The maximum atomic E-state index is 12.3. The number of aromatic nitrogens is 4. The maximum absolute atomic E-state index is 12.3. The normalized spacial score (nSPS) is 12.2. The molecule has 2 heterocycles. The summed E-state index contributed by atoms with van der Waals surface area (Å²) in [5, 5.41) is 12.5. The molecule has 1 atom stereocenters. The lowest BCUT2D eigenvalue weighted by molar-refractivity contribution is -0.119. The molecule has 0 saturated carbocycles. The van der Waals surface area contributed by atoms with Crippen LogP contribution in [0.4, 0.5) is 0 Å². The molecule has 28 heavy (non-hydrogen) atoms. The number of nitrogens with one attached hydrogen (secondary N) is 1. The van der Waals surface area contributed by atoms with Gasteiger partial charge in [-0.3, -0.25) is 14.3 Å². The molecule has 7 heteroatoms. The lowest BCUT2D eigenvalue weighted by atomic mass is 10.1. The van der Waals surface area contributed by atoms with Crippen LogP contribution in [0.5, 0.6) is 0 Å². The van der Waals surface area contributed by atoms with E-state index >= 15 is 0 Å². The van der Waals surface area contributed by atoms with Gasteiger partial charge in [0.05, 0.1) is 11.4 Å². The van der Waals surface area contributed by atoms with Crippen LogP contribution in [0.15, 0.2) is 53.9 Å². The predicted octanol–water partition coefficient (Wildman–Crippen LogP) is 3.89. The number of thioether (sulfide) groups is 1. The van der Waals surface area contributed by atoms with Gasteiger partial charge in [0.2, 0.25) is 5.91 Å². The molecule has 1 N–H and O–H groups in total. The molecule has 0 saturated heterocycles. The molecule has 0 aliphatic rings. The molecule has 0 unspecified atom stereocenters. The van der Waals surface area contributed by atoms with Crippen molar-refractivity contribution in [3.8, 4) is 17.1 Å². The number of nitrogens with zero attached hydrogens (tertiary/aromatic N) is 4. The van der Waals surface area contributed by atoms with E-state index in [1.807, 2.05) is 54.8 Å². The Kier molecular flexibility index (Phi) is 6.46. The highest BCUT2D eigenvalue weighted by molar-refractivity contribution is 7.99. The van der Waals surface area contributed by atoms with E-state index in [0.29, 0.717) is 16.9 Å². The first kappa shape index (κ1) is 20.1. The minimum absolute atomic E-state index is 0.00605. The topological polar surface area (TPSA) is 72.7 Å². The second-order valence-electron chi connectivity index (χ2n) is 7.06. The first-order chi connectivity index (χ1) is 13.5. The van der Waals surface area contributed by atoms with E-state index in [9.17, 15) is 4.79 Å². The monoisotopic (exact) mass is 395 g/mol. The van der Waals surface area contributed by atoms with Crippen molar-refractivity contribution >= 4 is 17.7 Å². The summed E-state index contributed by atoms with van der Waals surface area (Å²) in [4.78, 5) is 16.5. The van der Waals surface area contributed by atoms with E-state index in [1.54, 1.807) is 12.4 Å². The first-order valence-corrected chi connectivity index (χ1v) is 10.3. The van der Waals surface area contributed by atoms with Gasteiger partial charge in [0.25, 0.3) is 0 Å². The van der Waals surface area contributed by atoms with Crippen molar-refractivity contribution in [3.05, 3.63) is 54.4 Å². The Labute approximate surface area is 169 Å². The lowest BCUT2D eigenvalue weighted by Gasteiger charge is -2.17. The summed E-state index contributed by atoms with van der Waals surface area (Å²) in [6.07, 6.45) is 3.50. The van der Waals surface area contributed by atoms with Crippen molar-refractivity contribution in [1.29, 1.82) is 0 Å². The molecule has 0 fully saturated rings. The predicted molar refractivity (Wildman–Crippen MR) is 112 cm³/mol. The summed E-state index contributed by atoms with van der Waals surface area (Å²) in [5.74, 6) is 1.38. The summed E-state index contributed by atoms with van der Waals surface area (Å²) >= 11 is 1.38. The van der Waals surface area contributed by atoms with E-state index in [0.717, 1.165) is 16.8 Å². The van der Waals surface area contributed by atoms with Gasteiger partial charge in [0.1, 0.15) is 0 Å². The molecule has 6 nitrogen and oxygen atoms in total. The summed E-state index contributed by atoms with van der Waals surface area (Å²) in [6.45, 7) is 8.25. The largest absolute Gasteiger partial charge is 0.353 e. The summed E-state index contributed by atoms with van der Waals surface area (Å²) in [6, 6.07) is 12.0. The number of aryl methyl sites for hydroxylation is 1. The third-order valence-electron chi connectivity index (χ3n) is 4.63. The van der Waals surface area contributed by atoms with Crippen LogP contribution in [0, 0.1) is 12.8 Å². The van der Waals surface area contributed by atoms with Gasteiger partial charge in [-0.05, 0) is 43.5 Å². The van der Waals surface area contributed by atoms with Crippen LogP contribution >= 0.6 is 11.8 Å². The molecule has 1 aromatic carbocycles. The number of pyridine rings is 1. The van der Waals surface area contributed by atoms with Crippen LogP contribution in [0.25, 0.3) is 17.1 Å². The fourth-order valence-corrected chi connectivity index (χ4v) is 3.43. The van der Waals surface area contributed by atoms with Gasteiger partial charge in [-0.25, -0.2) is 0 Å². The minimum Gasteiger partial charge on any atom is -0.353 e. The molecular weight excluding hydrogens is 370 g/mol. The number of rotatable bonds is 7. The zero-order valence-electron chi connectivity index (χ0n) is 16.6. The quantitative estimate of drug-likeness (QED) is 0.615. The number of benzene rings is 1. The summed E-state index contributed by atoms with van der Waals surface area (Å²) in [5.41, 5.74) is 2.97. The van der Waals surface area contributed by atoms with Crippen molar-refractivity contribution in [1.82, 2.24) is 25.1 Å². The number of carbonyl (C=O) groups excluding carboxylic acids is 1. The van der Waals surface area contributed by atoms with Gasteiger partial charge >= 0.3 is 0 Å².